The van der Waals surface area contributed by atoms with Gasteiger partial charge in [-0.2, -0.15) is 4.98 Å². The van der Waals surface area contributed by atoms with Crippen molar-refractivity contribution in [1.29, 1.82) is 0 Å². The lowest BCUT2D eigenvalue weighted by Crippen LogP contribution is -2.02. The van der Waals surface area contributed by atoms with Gasteiger partial charge in [0, 0.05) is 15.5 Å². The lowest BCUT2D eigenvalue weighted by molar-refractivity contribution is 0.391. The second-order valence-corrected chi connectivity index (χ2v) is 7.42. The maximum Gasteiger partial charge on any atom is 0.237 e. The molecule has 0 amide bonds. The number of thiophene rings is 1. The Morgan fingerprint density at radius 1 is 1.24 bits per heavy atom. The van der Waals surface area contributed by atoms with E-state index in [4.69, 9.17) is 16.1 Å². The molecule has 3 aromatic heterocycles. The van der Waals surface area contributed by atoms with Crippen molar-refractivity contribution >= 4 is 34.7 Å². The van der Waals surface area contributed by atoms with Crippen LogP contribution in [0.1, 0.15) is 10.8 Å². The van der Waals surface area contributed by atoms with E-state index in [2.05, 4.69) is 31.7 Å². The topological polar surface area (TPSA) is 82.5 Å². The van der Waals surface area contributed by atoms with Crippen LogP contribution in [-0.4, -0.2) is 30.3 Å². The first-order chi connectivity index (χ1) is 12.3. The molecular weight excluding hydrogens is 380 g/mol. The number of thioether (sulfide) groups is 1. The summed E-state index contributed by atoms with van der Waals surface area (Å²) in [7, 11) is 0. The fraction of sp³-hybridized carbons (Fsp3) is 0.133. The Morgan fingerprint density at radius 2 is 2.20 bits per heavy atom. The average molecular weight is 391 g/mol. The Hall–Kier alpha value is -2.23. The van der Waals surface area contributed by atoms with E-state index in [-0.39, 0.29) is 0 Å². The van der Waals surface area contributed by atoms with E-state index in [1.54, 1.807) is 28.2 Å². The number of tetrazole rings is 1. The van der Waals surface area contributed by atoms with E-state index in [9.17, 15) is 0 Å². The monoisotopic (exact) mass is 390 g/mol. The highest BCUT2D eigenvalue weighted by molar-refractivity contribution is 7.98. The smallest absolute Gasteiger partial charge is 0.237 e. The van der Waals surface area contributed by atoms with E-state index >= 15 is 0 Å². The molecule has 126 valence electrons. The molecule has 3 heterocycles. The summed E-state index contributed by atoms with van der Waals surface area (Å²) in [4.78, 5) is 5.58. The van der Waals surface area contributed by atoms with Gasteiger partial charge in [0.25, 0.3) is 0 Å². The molecule has 0 unspecified atom stereocenters. The first-order valence-electron chi connectivity index (χ1n) is 7.28. The van der Waals surface area contributed by atoms with Gasteiger partial charge in [0.1, 0.15) is 0 Å². The molecule has 10 heteroatoms. The number of halogens is 1. The highest BCUT2D eigenvalue weighted by atomic mass is 35.5. The van der Waals surface area contributed by atoms with Crippen LogP contribution in [0.5, 0.6) is 0 Å². The fourth-order valence-corrected chi connectivity index (χ4v) is 3.72. The minimum Gasteiger partial charge on any atom is -0.338 e. The van der Waals surface area contributed by atoms with Crippen LogP contribution in [0, 0.1) is 0 Å². The van der Waals surface area contributed by atoms with Gasteiger partial charge in [0.2, 0.25) is 16.9 Å². The van der Waals surface area contributed by atoms with E-state index < -0.39 is 0 Å². The molecule has 0 saturated carbocycles. The molecule has 0 saturated heterocycles. The van der Waals surface area contributed by atoms with Crippen molar-refractivity contribution < 1.29 is 4.52 Å². The van der Waals surface area contributed by atoms with Gasteiger partial charge in [-0.1, -0.05) is 46.7 Å². The number of rotatable bonds is 6. The number of hydrogen-bond donors (Lipinski definition) is 0. The molecule has 4 aromatic rings. The minimum absolute atomic E-state index is 0.485. The van der Waals surface area contributed by atoms with Gasteiger partial charge in [-0.15, -0.1) is 16.4 Å². The maximum absolute atomic E-state index is 5.99. The lowest BCUT2D eigenvalue weighted by Gasteiger charge is -2.00. The summed E-state index contributed by atoms with van der Waals surface area (Å²) in [5.74, 6) is 1.50. The number of aromatic nitrogens is 6. The van der Waals surface area contributed by atoms with Crippen LogP contribution in [0.2, 0.25) is 5.02 Å². The second-order valence-electron chi connectivity index (χ2n) is 5.01. The summed E-state index contributed by atoms with van der Waals surface area (Å²) in [6.07, 6.45) is 0. The molecule has 0 atom stereocenters. The highest BCUT2D eigenvalue weighted by Crippen LogP contribution is 2.24. The zero-order valence-corrected chi connectivity index (χ0v) is 15.1. The third-order valence-electron chi connectivity index (χ3n) is 3.26. The van der Waals surface area contributed by atoms with Crippen molar-refractivity contribution in [1.82, 2.24) is 30.3 Å². The summed E-state index contributed by atoms with van der Waals surface area (Å²) >= 11 is 9.11. The van der Waals surface area contributed by atoms with Crippen LogP contribution < -0.4 is 0 Å². The van der Waals surface area contributed by atoms with E-state index in [0.29, 0.717) is 34.2 Å². The second kappa shape index (κ2) is 7.34. The third-order valence-corrected chi connectivity index (χ3v) is 5.30. The van der Waals surface area contributed by atoms with Crippen molar-refractivity contribution in [2.75, 3.05) is 0 Å². The summed E-state index contributed by atoms with van der Waals surface area (Å²) in [5.41, 5.74) is 0.815. The normalized spacial score (nSPS) is 11.1. The Balaban J connectivity index is 1.43. The van der Waals surface area contributed by atoms with Gasteiger partial charge in [-0.05, 0) is 34.0 Å². The zero-order valence-electron chi connectivity index (χ0n) is 12.7. The average Bonchev–Trinajstić information content (AvgIpc) is 3.36. The predicted molar refractivity (Wildman–Crippen MR) is 95.5 cm³/mol. The van der Waals surface area contributed by atoms with Crippen LogP contribution >= 0.6 is 34.7 Å². The Labute approximate surface area is 156 Å². The number of benzene rings is 1. The lowest BCUT2D eigenvalue weighted by atomic mass is 10.2. The molecule has 0 aliphatic carbocycles. The molecule has 0 radical (unpaired) electrons. The Kier molecular flexibility index (Phi) is 4.77. The van der Waals surface area contributed by atoms with E-state index in [0.717, 1.165) is 5.56 Å². The first kappa shape index (κ1) is 16.2. The predicted octanol–water partition coefficient (Wildman–Crippen LogP) is 3.78. The molecular formula is C15H11ClN6OS2. The van der Waals surface area contributed by atoms with Crippen molar-refractivity contribution in [2.45, 2.75) is 17.5 Å². The van der Waals surface area contributed by atoms with Gasteiger partial charge in [0.15, 0.2) is 0 Å². The molecule has 0 aliphatic rings. The molecule has 0 bridgehead atoms. The third kappa shape index (κ3) is 3.89. The molecule has 0 N–H and O–H groups in total. The summed E-state index contributed by atoms with van der Waals surface area (Å²) in [6, 6.07) is 11.4. The van der Waals surface area contributed by atoms with Crippen LogP contribution in [0.15, 0.2) is 51.5 Å². The van der Waals surface area contributed by atoms with Gasteiger partial charge in [-0.25, -0.2) is 4.68 Å². The molecule has 0 aliphatic heterocycles. The largest absolute Gasteiger partial charge is 0.338 e. The van der Waals surface area contributed by atoms with Gasteiger partial charge in [-0.3, -0.25) is 0 Å². The summed E-state index contributed by atoms with van der Waals surface area (Å²) < 4.78 is 7.06. The zero-order chi connectivity index (χ0) is 17.1. The quantitative estimate of drug-likeness (QED) is 0.463. The highest BCUT2D eigenvalue weighted by Gasteiger charge is 2.13. The van der Waals surface area contributed by atoms with Crippen molar-refractivity contribution in [2.24, 2.45) is 0 Å². The van der Waals surface area contributed by atoms with E-state index in [1.807, 2.05) is 23.6 Å². The summed E-state index contributed by atoms with van der Waals surface area (Å²) in [5, 5.41) is 19.2. The fourth-order valence-electron chi connectivity index (χ4n) is 2.13. The van der Waals surface area contributed by atoms with Crippen LogP contribution in [-0.2, 0) is 12.3 Å². The summed E-state index contributed by atoms with van der Waals surface area (Å²) in [6.45, 7) is 0.643. The van der Waals surface area contributed by atoms with Crippen molar-refractivity contribution in [3.05, 3.63) is 57.6 Å². The molecule has 7 nitrogen and oxygen atoms in total. The van der Waals surface area contributed by atoms with Crippen molar-refractivity contribution in [3.63, 3.8) is 0 Å². The number of hydrogen-bond acceptors (Lipinski definition) is 8. The van der Waals surface area contributed by atoms with Gasteiger partial charge >= 0.3 is 0 Å². The van der Waals surface area contributed by atoms with Gasteiger partial charge in [0.05, 0.1) is 12.3 Å². The first-order valence-corrected chi connectivity index (χ1v) is 9.52. The van der Waals surface area contributed by atoms with Crippen LogP contribution in [0.4, 0.5) is 0 Å². The standard InChI is InChI=1S/C15H11ClN6OS2/c16-11-4-1-3-10(7-11)14-17-13(23-19-14)9-25-15-18-20-21-22(15)8-12-5-2-6-24-12/h1-7H,8-9H2. The molecule has 1 aromatic carbocycles. The SMILES string of the molecule is Clc1cccc(-c2noc(CSc3nnnn3Cc3cccs3)n2)c1. The minimum atomic E-state index is 0.485. The molecule has 4 rings (SSSR count). The molecule has 0 fully saturated rings. The van der Waals surface area contributed by atoms with Gasteiger partial charge < -0.3 is 4.52 Å². The Bertz CT molecular complexity index is 968. The maximum atomic E-state index is 5.99. The molecule has 0 spiro atoms. The van der Waals surface area contributed by atoms with Crippen molar-refractivity contribution in [3.8, 4) is 11.4 Å². The number of nitrogens with zero attached hydrogens (tertiary/aromatic N) is 6. The van der Waals surface area contributed by atoms with E-state index in [1.165, 1.54) is 16.6 Å². The Morgan fingerprint density at radius 3 is 3.04 bits per heavy atom. The van der Waals surface area contributed by atoms with Crippen LogP contribution in [0.3, 0.4) is 0 Å². The molecule has 25 heavy (non-hydrogen) atoms. The van der Waals surface area contributed by atoms with Crippen LogP contribution in [0.25, 0.3) is 11.4 Å².